The molecule has 5 aromatic rings. The van der Waals surface area contributed by atoms with Crippen LogP contribution in [0, 0.1) is 0 Å². The molecule has 144 valence electrons. The largest absolute Gasteiger partial charge is 0.309 e. The molecule has 5 rings (SSSR count). The summed E-state index contributed by atoms with van der Waals surface area (Å²) in [6.07, 6.45) is 0. The van der Waals surface area contributed by atoms with Gasteiger partial charge in [-0.25, -0.2) is 0 Å². The summed E-state index contributed by atoms with van der Waals surface area (Å²) >= 11 is 12.6. The molecule has 4 aromatic carbocycles. The second kappa shape index (κ2) is 6.52. The molecule has 0 atom stereocenters. The van der Waals surface area contributed by atoms with Crippen LogP contribution < -0.4 is 0 Å². The van der Waals surface area contributed by atoms with E-state index in [4.69, 9.17) is 23.2 Å². The van der Waals surface area contributed by atoms with Gasteiger partial charge in [0.2, 0.25) is 0 Å². The second-order valence-electron chi connectivity index (χ2n) is 8.65. The lowest BCUT2D eigenvalue weighted by Gasteiger charge is -2.19. The van der Waals surface area contributed by atoms with E-state index < -0.39 is 0 Å². The lowest BCUT2D eigenvalue weighted by Crippen LogP contribution is -2.10. The molecule has 29 heavy (non-hydrogen) atoms. The van der Waals surface area contributed by atoms with Crippen molar-refractivity contribution in [3.63, 3.8) is 0 Å². The smallest absolute Gasteiger partial charge is 0.0555 e. The average molecular weight is 418 g/mol. The van der Waals surface area contributed by atoms with Gasteiger partial charge in [0.1, 0.15) is 0 Å². The van der Waals surface area contributed by atoms with Gasteiger partial charge in [-0.1, -0.05) is 68.2 Å². The Balaban J connectivity index is 1.87. The third kappa shape index (κ3) is 3.10. The molecule has 0 spiro atoms. The van der Waals surface area contributed by atoms with Gasteiger partial charge in [0.05, 0.1) is 11.0 Å². The Bertz CT molecular complexity index is 1390. The number of fused-ring (bicyclic) bond motifs is 4. The van der Waals surface area contributed by atoms with Gasteiger partial charge in [-0.3, -0.25) is 0 Å². The Morgan fingerprint density at radius 2 is 1.28 bits per heavy atom. The molecule has 0 bridgehead atoms. The van der Waals surface area contributed by atoms with E-state index in [0.717, 1.165) is 32.2 Å². The molecule has 0 fully saturated rings. The van der Waals surface area contributed by atoms with Crippen molar-refractivity contribution in [2.75, 3.05) is 0 Å². The normalized spacial score (nSPS) is 12.3. The van der Waals surface area contributed by atoms with E-state index in [2.05, 4.69) is 73.9 Å². The van der Waals surface area contributed by atoms with Crippen LogP contribution in [0.15, 0.2) is 72.8 Å². The second-order valence-corrected chi connectivity index (χ2v) is 9.53. The van der Waals surface area contributed by atoms with Crippen molar-refractivity contribution in [2.45, 2.75) is 26.2 Å². The maximum atomic E-state index is 6.39. The first-order valence-electron chi connectivity index (χ1n) is 9.75. The Labute approximate surface area is 180 Å². The SMILES string of the molecule is CC(C)(C)c1ccc(-n2c3cc(Cl)ccc3c3cc4ccc(Cl)cc4cc32)cc1. The predicted molar refractivity (Wildman–Crippen MR) is 127 cm³/mol. The van der Waals surface area contributed by atoms with E-state index in [1.54, 1.807) is 0 Å². The summed E-state index contributed by atoms with van der Waals surface area (Å²) in [5, 5.41) is 6.20. The highest BCUT2D eigenvalue weighted by atomic mass is 35.5. The number of hydrogen-bond acceptors (Lipinski definition) is 0. The summed E-state index contributed by atoms with van der Waals surface area (Å²) in [6, 6.07) is 25.5. The zero-order chi connectivity index (χ0) is 20.3. The van der Waals surface area contributed by atoms with Gasteiger partial charge in [0.25, 0.3) is 0 Å². The van der Waals surface area contributed by atoms with E-state index in [1.807, 2.05) is 24.3 Å². The number of rotatable bonds is 1. The van der Waals surface area contributed by atoms with Gasteiger partial charge in [-0.15, -0.1) is 0 Å². The van der Waals surface area contributed by atoms with Crippen molar-refractivity contribution < 1.29 is 0 Å². The first kappa shape index (κ1) is 18.5. The van der Waals surface area contributed by atoms with Crippen LogP contribution >= 0.6 is 23.2 Å². The van der Waals surface area contributed by atoms with Crippen LogP contribution in [-0.4, -0.2) is 4.57 Å². The molecule has 0 N–H and O–H groups in total. The van der Waals surface area contributed by atoms with E-state index in [9.17, 15) is 0 Å². The van der Waals surface area contributed by atoms with Crippen LogP contribution in [0.3, 0.4) is 0 Å². The molecular weight excluding hydrogens is 397 g/mol. The molecule has 1 heterocycles. The molecule has 0 saturated heterocycles. The summed E-state index contributed by atoms with van der Waals surface area (Å²) < 4.78 is 2.29. The molecule has 0 aliphatic carbocycles. The van der Waals surface area contributed by atoms with Gasteiger partial charge in [0.15, 0.2) is 0 Å². The van der Waals surface area contributed by atoms with E-state index in [-0.39, 0.29) is 5.41 Å². The Hall–Kier alpha value is -2.48. The summed E-state index contributed by atoms with van der Waals surface area (Å²) in [7, 11) is 0. The van der Waals surface area contributed by atoms with Gasteiger partial charge < -0.3 is 4.57 Å². The van der Waals surface area contributed by atoms with Crippen molar-refractivity contribution >= 4 is 55.8 Å². The monoisotopic (exact) mass is 417 g/mol. The first-order chi connectivity index (χ1) is 13.8. The summed E-state index contributed by atoms with van der Waals surface area (Å²) in [5.74, 6) is 0. The number of hydrogen-bond donors (Lipinski definition) is 0. The molecular formula is C26H21Cl2N. The Kier molecular flexibility index (Phi) is 4.17. The summed E-state index contributed by atoms with van der Waals surface area (Å²) in [6.45, 7) is 6.70. The van der Waals surface area contributed by atoms with E-state index in [1.165, 1.54) is 21.7 Å². The minimum atomic E-state index is 0.121. The number of nitrogens with zero attached hydrogens (tertiary/aromatic N) is 1. The number of halogens is 2. The fourth-order valence-electron chi connectivity index (χ4n) is 4.09. The third-order valence-corrected chi connectivity index (χ3v) is 6.11. The standard InChI is InChI=1S/C26H21Cl2N/c1-26(2,3)18-5-9-21(10-6-18)29-24-14-17-12-19(27)7-4-16(17)13-23(24)22-11-8-20(28)15-25(22)29/h4-15H,1-3H3. The lowest BCUT2D eigenvalue weighted by atomic mass is 9.87. The molecule has 3 heteroatoms. The van der Waals surface area contributed by atoms with Crippen LogP contribution in [0.2, 0.25) is 10.0 Å². The highest BCUT2D eigenvalue weighted by Gasteiger charge is 2.16. The fraction of sp³-hybridized carbons (Fsp3) is 0.154. The van der Waals surface area contributed by atoms with Crippen molar-refractivity contribution in [3.8, 4) is 5.69 Å². The van der Waals surface area contributed by atoms with Crippen LogP contribution in [0.25, 0.3) is 38.3 Å². The van der Waals surface area contributed by atoms with Crippen LogP contribution in [0.1, 0.15) is 26.3 Å². The molecule has 0 aliphatic heterocycles. The molecule has 0 unspecified atom stereocenters. The molecule has 0 aliphatic rings. The van der Waals surface area contributed by atoms with Crippen molar-refractivity contribution in [3.05, 3.63) is 88.4 Å². The minimum absolute atomic E-state index is 0.121. The molecule has 1 aromatic heterocycles. The molecule has 0 radical (unpaired) electrons. The van der Waals surface area contributed by atoms with Crippen molar-refractivity contribution in [2.24, 2.45) is 0 Å². The zero-order valence-corrected chi connectivity index (χ0v) is 18.1. The van der Waals surface area contributed by atoms with Gasteiger partial charge in [-0.05, 0) is 70.3 Å². The highest BCUT2D eigenvalue weighted by Crippen LogP contribution is 2.37. The van der Waals surface area contributed by atoms with Crippen molar-refractivity contribution in [1.29, 1.82) is 0 Å². The first-order valence-corrected chi connectivity index (χ1v) is 10.5. The molecule has 0 saturated carbocycles. The van der Waals surface area contributed by atoms with E-state index >= 15 is 0 Å². The summed E-state index contributed by atoms with van der Waals surface area (Å²) in [5.41, 5.74) is 4.83. The number of aromatic nitrogens is 1. The Morgan fingerprint density at radius 1 is 0.621 bits per heavy atom. The fourth-order valence-corrected chi connectivity index (χ4v) is 4.44. The van der Waals surface area contributed by atoms with Gasteiger partial charge in [0, 0.05) is 26.5 Å². The lowest BCUT2D eigenvalue weighted by molar-refractivity contribution is 0.590. The Morgan fingerprint density at radius 3 is 2.00 bits per heavy atom. The predicted octanol–water partition coefficient (Wildman–Crippen LogP) is 8.54. The highest BCUT2D eigenvalue weighted by molar-refractivity contribution is 6.32. The minimum Gasteiger partial charge on any atom is -0.309 e. The van der Waals surface area contributed by atoms with Crippen LogP contribution in [0.4, 0.5) is 0 Å². The quantitative estimate of drug-likeness (QED) is 0.257. The van der Waals surface area contributed by atoms with Gasteiger partial charge >= 0.3 is 0 Å². The van der Waals surface area contributed by atoms with Gasteiger partial charge in [-0.2, -0.15) is 0 Å². The number of benzene rings is 4. The van der Waals surface area contributed by atoms with Crippen LogP contribution in [0.5, 0.6) is 0 Å². The zero-order valence-electron chi connectivity index (χ0n) is 16.6. The molecule has 1 nitrogen and oxygen atoms in total. The summed E-state index contributed by atoms with van der Waals surface area (Å²) in [4.78, 5) is 0. The topological polar surface area (TPSA) is 4.93 Å². The average Bonchev–Trinajstić information content (AvgIpc) is 2.98. The van der Waals surface area contributed by atoms with Crippen molar-refractivity contribution in [1.82, 2.24) is 4.57 Å². The van der Waals surface area contributed by atoms with Crippen LogP contribution in [-0.2, 0) is 5.41 Å². The van der Waals surface area contributed by atoms with E-state index in [0.29, 0.717) is 0 Å². The molecule has 0 amide bonds. The maximum Gasteiger partial charge on any atom is 0.0555 e. The third-order valence-electron chi connectivity index (χ3n) is 5.64. The maximum absolute atomic E-state index is 6.39.